The second kappa shape index (κ2) is 8.83. The van der Waals surface area contributed by atoms with Gasteiger partial charge in [-0.15, -0.1) is 0 Å². The zero-order chi connectivity index (χ0) is 17.5. The lowest BCUT2D eigenvalue weighted by atomic mass is 9.93. The summed E-state index contributed by atoms with van der Waals surface area (Å²) in [5.41, 5.74) is 1.12. The third-order valence-electron chi connectivity index (χ3n) is 5.21. The molecule has 1 aromatic heterocycles. The first-order valence-corrected chi connectivity index (χ1v) is 9.45. The maximum atomic E-state index is 12.3. The van der Waals surface area contributed by atoms with Crippen molar-refractivity contribution in [2.24, 2.45) is 0 Å². The summed E-state index contributed by atoms with van der Waals surface area (Å²) in [6.07, 6.45) is 7.53. The van der Waals surface area contributed by atoms with Crippen LogP contribution in [0.5, 0.6) is 0 Å². The van der Waals surface area contributed by atoms with E-state index >= 15 is 0 Å². The van der Waals surface area contributed by atoms with E-state index in [2.05, 4.69) is 16.4 Å². The number of nitrogens with zero attached hydrogens (tertiary/aromatic N) is 3. The Morgan fingerprint density at radius 2 is 1.80 bits per heavy atom. The quantitative estimate of drug-likeness (QED) is 0.912. The van der Waals surface area contributed by atoms with Crippen molar-refractivity contribution in [1.82, 2.24) is 20.1 Å². The molecule has 2 aliphatic rings. The molecule has 25 heavy (non-hydrogen) atoms. The van der Waals surface area contributed by atoms with Gasteiger partial charge in [-0.25, -0.2) is 4.79 Å². The number of carbonyl (C=O) groups excluding carboxylic acids is 2. The molecule has 0 atom stereocenters. The van der Waals surface area contributed by atoms with Crippen LogP contribution in [-0.4, -0.2) is 59.4 Å². The van der Waals surface area contributed by atoms with Gasteiger partial charge in [-0.05, 0) is 44.2 Å². The number of aromatic nitrogens is 1. The zero-order valence-electron chi connectivity index (χ0n) is 14.8. The first-order chi connectivity index (χ1) is 12.2. The average molecular weight is 344 g/mol. The third-order valence-corrected chi connectivity index (χ3v) is 5.21. The van der Waals surface area contributed by atoms with Crippen molar-refractivity contribution < 1.29 is 9.59 Å². The van der Waals surface area contributed by atoms with E-state index in [9.17, 15) is 9.59 Å². The molecule has 6 heteroatoms. The molecular formula is C19H28N4O2. The summed E-state index contributed by atoms with van der Waals surface area (Å²) in [5, 5.41) is 2.90. The molecule has 0 bridgehead atoms. The van der Waals surface area contributed by atoms with Crippen LogP contribution in [0.25, 0.3) is 0 Å². The summed E-state index contributed by atoms with van der Waals surface area (Å²) < 4.78 is 0. The van der Waals surface area contributed by atoms with Crippen LogP contribution < -0.4 is 5.32 Å². The Balaban J connectivity index is 1.36. The fourth-order valence-electron chi connectivity index (χ4n) is 3.69. The lowest BCUT2D eigenvalue weighted by Gasteiger charge is -2.32. The number of piperidine rings is 2. The number of carbonyl (C=O) groups is 2. The van der Waals surface area contributed by atoms with Gasteiger partial charge in [0.05, 0.1) is 0 Å². The topological polar surface area (TPSA) is 65.5 Å². The summed E-state index contributed by atoms with van der Waals surface area (Å²) in [5.74, 6) is 0.597. The van der Waals surface area contributed by atoms with Crippen molar-refractivity contribution in [3.8, 4) is 0 Å². The van der Waals surface area contributed by atoms with Crippen molar-refractivity contribution in [2.75, 3.05) is 32.7 Å². The van der Waals surface area contributed by atoms with Crippen LogP contribution in [0.3, 0.4) is 0 Å². The van der Waals surface area contributed by atoms with Gasteiger partial charge in [0.25, 0.3) is 0 Å². The number of likely N-dealkylation sites (tertiary alicyclic amines) is 2. The summed E-state index contributed by atoms with van der Waals surface area (Å²) in [4.78, 5) is 32.6. The highest BCUT2D eigenvalue weighted by Crippen LogP contribution is 2.26. The van der Waals surface area contributed by atoms with E-state index in [1.165, 1.54) is 6.42 Å². The molecule has 2 aliphatic heterocycles. The standard InChI is InChI=1S/C19H28N4O2/c24-18(22-12-4-1-5-13-22)7-11-21-19(25)23-14-8-16(9-15-23)17-6-2-3-10-20-17/h2-3,6,10,16H,1,4-5,7-9,11-15H2,(H,21,25). The van der Waals surface area contributed by atoms with Crippen LogP contribution in [0.2, 0.25) is 0 Å². The molecule has 0 spiro atoms. The van der Waals surface area contributed by atoms with Crippen LogP contribution in [0, 0.1) is 0 Å². The predicted octanol–water partition coefficient (Wildman–Crippen LogP) is 2.37. The van der Waals surface area contributed by atoms with Gasteiger partial charge in [-0.2, -0.15) is 0 Å². The molecule has 6 nitrogen and oxygen atoms in total. The fraction of sp³-hybridized carbons (Fsp3) is 0.632. The summed E-state index contributed by atoms with van der Waals surface area (Å²) in [6, 6.07) is 5.95. The molecule has 2 saturated heterocycles. The molecular weight excluding hydrogens is 316 g/mol. The highest BCUT2D eigenvalue weighted by atomic mass is 16.2. The summed E-state index contributed by atoms with van der Waals surface area (Å²) in [6.45, 7) is 3.65. The van der Waals surface area contributed by atoms with Crippen molar-refractivity contribution in [1.29, 1.82) is 0 Å². The largest absolute Gasteiger partial charge is 0.343 e. The smallest absolute Gasteiger partial charge is 0.317 e. The summed E-state index contributed by atoms with van der Waals surface area (Å²) in [7, 11) is 0. The first kappa shape index (κ1) is 17.7. The average Bonchev–Trinajstić information content (AvgIpc) is 2.69. The van der Waals surface area contributed by atoms with E-state index in [0.717, 1.165) is 57.6 Å². The molecule has 3 amide bonds. The van der Waals surface area contributed by atoms with E-state index in [0.29, 0.717) is 18.9 Å². The van der Waals surface area contributed by atoms with Crippen LogP contribution in [0.15, 0.2) is 24.4 Å². The molecule has 1 N–H and O–H groups in total. The highest BCUT2D eigenvalue weighted by molar-refractivity contribution is 5.78. The number of rotatable bonds is 4. The van der Waals surface area contributed by atoms with Crippen molar-refractivity contribution in [3.05, 3.63) is 30.1 Å². The molecule has 0 unspecified atom stereocenters. The Morgan fingerprint density at radius 3 is 2.48 bits per heavy atom. The molecule has 3 rings (SSSR count). The highest BCUT2D eigenvalue weighted by Gasteiger charge is 2.24. The van der Waals surface area contributed by atoms with Gasteiger partial charge < -0.3 is 15.1 Å². The fourth-order valence-corrected chi connectivity index (χ4v) is 3.69. The summed E-state index contributed by atoms with van der Waals surface area (Å²) >= 11 is 0. The van der Waals surface area contributed by atoms with E-state index in [1.807, 2.05) is 28.1 Å². The Hall–Kier alpha value is -2.11. The van der Waals surface area contributed by atoms with E-state index < -0.39 is 0 Å². The molecule has 0 aliphatic carbocycles. The second-order valence-electron chi connectivity index (χ2n) is 6.94. The Morgan fingerprint density at radius 1 is 1.04 bits per heavy atom. The van der Waals surface area contributed by atoms with Gasteiger partial charge in [-0.1, -0.05) is 6.07 Å². The van der Waals surface area contributed by atoms with Gasteiger partial charge >= 0.3 is 6.03 Å². The SMILES string of the molecule is O=C(CCNC(=O)N1CCC(c2ccccn2)CC1)N1CCCCC1. The van der Waals surface area contributed by atoms with E-state index in [-0.39, 0.29) is 11.9 Å². The van der Waals surface area contributed by atoms with Crippen molar-refractivity contribution in [2.45, 2.75) is 44.4 Å². The van der Waals surface area contributed by atoms with Gasteiger partial charge in [0, 0.05) is 57.0 Å². The van der Waals surface area contributed by atoms with Crippen molar-refractivity contribution in [3.63, 3.8) is 0 Å². The molecule has 3 heterocycles. The van der Waals surface area contributed by atoms with Crippen LogP contribution in [0.1, 0.15) is 50.1 Å². The number of hydrogen-bond donors (Lipinski definition) is 1. The first-order valence-electron chi connectivity index (χ1n) is 9.45. The number of nitrogens with one attached hydrogen (secondary N) is 1. The third kappa shape index (κ3) is 4.94. The van der Waals surface area contributed by atoms with Gasteiger partial charge in [0.15, 0.2) is 0 Å². The maximum absolute atomic E-state index is 12.3. The second-order valence-corrected chi connectivity index (χ2v) is 6.94. The lowest BCUT2D eigenvalue weighted by Crippen LogP contribution is -2.45. The normalized spacial score (nSPS) is 18.9. The minimum atomic E-state index is -0.0501. The van der Waals surface area contributed by atoms with E-state index in [1.54, 1.807) is 0 Å². The number of urea groups is 1. The van der Waals surface area contributed by atoms with Crippen LogP contribution in [-0.2, 0) is 4.79 Å². The van der Waals surface area contributed by atoms with Crippen molar-refractivity contribution >= 4 is 11.9 Å². The molecule has 0 saturated carbocycles. The zero-order valence-corrected chi connectivity index (χ0v) is 14.8. The van der Waals surface area contributed by atoms with Gasteiger partial charge in [0.1, 0.15) is 0 Å². The Bertz CT molecular complexity index is 564. The molecule has 0 radical (unpaired) electrons. The molecule has 1 aromatic rings. The number of hydrogen-bond acceptors (Lipinski definition) is 3. The Kier molecular flexibility index (Phi) is 6.25. The van der Waals surface area contributed by atoms with Gasteiger partial charge in [-0.3, -0.25) is 9.78 Å². The molecule has 136 valence electrons. The maximum Gasteiger partial charge on any atom is 0.317 e. The molecule has 0 aromatic carbocycles. The minimum absolute atomic E-state index is 0.0501. The number of pyridine rings is 1. The monoisotopic (exact) mass is 344 g/mol. The minimum Gasteiger partial charge on any atom is -0.343 e. The van der Waals surface area contributed by atoms with Crippen LogP contribution >= 0.6 is 0 Å². The lowest BCUT2D eigenvalue weighted by molar-refractivity contribution is -0.131. The Labute approximate surface area is 149 Å². The predicted molar refractivity (Wildman–Crippen MR) is 96.2 cm³/mol. The van der Waals surface area contributed by atoms with E-state index in [4.69, 9.17) is 0 Å². The molecule has 2 fully saturated rings. The number of amides is 3. The van der Waals surface area contributed by atoms with Gasteiger partial charge in [0.2, 0.25) is 5.91 Å². The van der Waals surface area contributed by atoms with Crippen LogP contribution in [0.4, 0.5) is 4.79 Å².